The van der Waals surface area contributed by atoms with E-state index < -0.39 is 35.6 Å². The van der Waals surface area contributed by atoms with Gasteiger partial charge in [0, 0.05) is 31.4 Å². The van der Waals surface area contributed by atoms with Crippen LogP contribution >= 0.6 is 21.8 Å². The van der Waals surface area contributed by atoms with Crippen molar-refractivity contribution in [3.05, 3.63) is 77.8 Å². The van der Waals surface area contributed by atoms with Crippen LogP contribution in [0.1, 0.15) is 58.5 Å². The van der Waals surface area contributed by atoms with Crippen molar-refractivity contribution in [3.8, 4) is 11.3 Å². The molecule has 1 amide bonds. The van der Waals surface area contributed by atoms with Gasteiger partial charge in [-0.3, -0.25) is 9.52 Å². The molecule has 0 bridgehead atoms. The minimum absolute atomic E-state index is 0.0547. The highest BCUT2D eigenvalue weighted by atomic mass is 33.1. The molecule has 1 heterocycles. The van der Waals surface area contributed by atoms with Crippen LogP contribution in [0.2, 0.25) is 0 Å². The van der Waals surface area contributed by atoms with Crippen LogP contribution in [0.5, 0.6) is 0 Å². The van der Waals surface area contributed by atoms with Gasteiger partial charge in [-0.2, -0.15) is 0 Å². The van der Waals surface area contributed by atoms with E-state index in [2.05, 4.69) is 4.72 Å². The summed E-state index contributed by atoms with van der Waals surface area (Å²) in [6, 6.07) is 12.5. The molecule has 0 radical (unpaired) electrons. The number of nitrogens with one attached hydrogen (secondary N) is 1. The highest BCUT2D eigenvalue weighted by Gasteiger charge is 2.38. The van der Waals surface area contributed by atoms with E-state index in [9.17, 15) is 18.7 Å². The van der Waals surface area contributed by atoms with E-state index in [4.69, 9.17) is 4.98 Å². The van der Waals surface area contributed by atoms with E-state index in [0.717, 1.165) is 23.8 Å². The number of aromatic nitrogens is 2. The Balaban J connectivity index is 0.00000260. The lowest BCUT2D eigenvalue weighted by Gasteiger charge is -2.40. The van der Waals surface area contributed by atoms with Crippen molar-refractivity contribution in [2.75, 3.05) is 26.0 Å². The Morgan fingerprint density at radius 3 is 2.46 bits per heavy atom. The number of imidazole rings is 1. The van der Waals surface area contributed by atoms with Crippen LogP contribution in [0.15, 0.2) is 54.7 Å². The van der Waals surface area contributed by atoms with Crippen LogP contribution in [0.3, 0.4) is 0 Å². The summed E-state index contributed by atoms with van der Waals surface area (Å²) < 4.78 is 33.9. The molecule has 0 spiro atoms. The fraction of sp³-hybridized carbons (Fsp3) is 0.448. The van der Waals surface area contributed by atoms with Crippen molar-refractivity contribution in [2.45, 2.75) is 53.6 Å². The fourth-order valence-electron chi connectivity index (χ4n) is 4.28. The van der Waals surface area contributed by atoms with Crippen LogP contribution < -0.4 is 4.72 Å². The average Bonchev–Trinajstić information content (AvgIpc) is 3.32. The van der Waals surface area contributed by atoms with Crippen LogP contribution in [-0.2, 0) is 11.3 Å². The number of benzene rings is 2. The van der Waals surface area contributed by atoms with Crippen molar-refractivity contribution in [1.29, 1.82) is 0 Å². The Labute approximate surface area is 239 Å². The largest absolute Gasteiger partial charge is 0.387 e. The summed E-state index contributed by atoms with van der Waals surface area (Å²) in [6.07, 6.45) is 4.34. The zero-order chi connectivity index (χ0) is 29.0. The third-order valence-electron chi connectivity index (χ3n) is 5.86. The van der Waals surface area contributed by atoms with E-state index in [0.29, 0.717) is 31.9 Å². The molecule has 1 unspecified atom stereocenters. The van der Waals surface area contributed by atoms with Gasteiger partial charge in [-0.1, -0.05) is 75.7 Å². The van der Waals surface area contributed by atoms with Gasteiger partial charge in [-0.25, -0.2) is 13.8 Å². The quantitative estimate of drug-likeness (QED) is 0.141. The second kappa shape index (κ2) is 16.0. The second-order valence-corrected chi connectivity index (χ2v) is 12.0. The van der Waals surface area contributed by atoms with Gasteiger partial charge in [0.05, 0.1) is 11.7 Å². The zero-order valence-electron chi connectivity index (χ0n) is 23.6. The van der Waals surface area contributed by atoms with Crippen molar-refractivity contribution < 1.29 is 18.7 Å². The van der Waals surface area contributed by atoms with Crippen LogP contribution in [0.4, 0.5) is 8.78 Å². The molecule has 6 nitrogen and oxygen atoms in total. The van der Waals surface area contributed by atoms with Gasteiger partial charge in [0.25, 0.3) is 0 Å². The Kier molecular flexibility index (Phi) is 13.5. The number of amides is 1. The molecular formula is C29H40F2N4O2S2. The molecule has 39 heavy (non-hydrogen) atoms. The molecule has 0 aliphatic carbocycles. The third kappa shape index (κ3) is 9.34. The molecule has 3 aromatic rings. The average molecular weight is 579 g/mol. The molecule has 2 aromatic carbocycles. The van der Waals surface area contributed by atoms with Gasteiger partial charge in [0.2, 0.25) is 5.91 Å². The Morgan fingerprint density at radius 2 is 1.85 bits per heavy atom. The molecule has 0 aliphatic rings. The van der Waals surface area contributed by atoms with Gasteiger partial charge in [-0.05, 0) is 52.8 Å². The Bertz CT molecular complexity index is 1170. The summed E-state index contributed by atoms with van der Waals surface area (Å²) in [5.74, 6) is -1.01. The minimum atomic E-state index is -0.635. The predicted octanol–water partition coefficient (Wildman–Crippen LogP) is 6.72. The smallest absolute Gasteiger partial charge is 0.248 e. The van der Waals surface area contributed by atoms with E-state index >= 15 is 0 Å². The number of halogens is 2. The summed E-state index contributed by atoms with van der Waals surface area (Å²) in [6.45, 7) is 10.9. The molecule has 0 fully saturated rings. The Hall–Kier alpha value is -2.40. The molecule has 0 saturated heterocycles. The van der Waals surface area contributed by atoms with Crippen LogP contribution in [0.25, 0.3) is 11.3 Å². The SMILES string of the molecule is CC.CSSNCCCN(C(=O)CO)C(c1nc(-c2cc(F)ccc2F)cn1Cc1ccccc1)C(C)(C)C. The van der Waals surface area contributed by atoms with E-state index in [1.165, 1.54) is 11.0 Å². The zero-order valence-corrected chi connectivity index (χ0v) is 25.2. The lowest BCUT2D eigenvalue weighted by Crippen LogP contribution is -2.44. The van der Waals surface area contributed by atoms with Crippen molar-refractivity contribution in [1.82, 2.24) is 19.2 Å². The number of carbonyl (C=O) groups is 1. The minimum Gasteiger partial charge on any atom is -0.387 e. The summed E-state index contributed by atoms with van der Waals surface area (Å²) in [7, 11) is 3.12. The van der Waals surface area contributed by atoms with E-state index in [1.54, 1.807) is 21.9 Å². The highest BCUT2D eigenvalue weighted by molar-refractivity contribution is 8.75. The number of hydrogen-bond donors (Lipinski definition) is 2. The summed E-state index contributed by atoms with van der Waals surface area (Å²) in [5, 5.41) is 9.83. The molecular weight excluding hydrogens is 538 g/mol. The first-order valence-corrected chi connectivity index (χ1v) is 15.6. The maximum Gasteiger partial charge on any atom is 0.248 e. The lowest BCUT2D eigenvalue weighted by molar-refractivity contribution is -0.139. The monoisotopic (exact) mass is 578 g/mol. The number of hydrogen-bond acceptors (Lipinski definition) is 6. The molecule has 0 saturated carbocycles. The summed E-state index contributed by atoms with van der Waals surface area (Å²) >= 11 is 0. The maximum atomic E-state index is 14.7. The first-order chi connectivity index (χ1) is 18.7. The molecule has 214 valence electrons. The molecule has 10 heteroatoms. The first kappa shape index (κ1) is 32.8. The number of nitrogens with zero attached hydrogens (tertiary/aromatic N) is 3. The van der Waals surface area contributed by atoms with Gasteiger partial charge >= 0.3 is 0 Å². The molecule has 1 atom stereocenters. The fourth-order valence-corrected chi connectivity index (χ4v) is 5.23. The van der Waals surface area contributed by atoms with E-state index in [1.807, 2.05) is 75.8 Å². The molecule has 1 aromatic heterocycles. The van der Waals surface area contributed by atoms with Gasteiger partial charge < -0.3 is 14.6 Å². The maximum absolute atomic E-state index is 14.7. The topological polar surface area (TPSA) is 70.4 Å². The lowest BCUT2D eigenvalue weighted by atomic mass is 9.84. The van der Waals surface area contributed by atoms with Crippen molar-refractivity contribution in [3.63, 3.8) is 0 Å². The van der Waals surface area contributed by atoms with Crippen molar-refractivity contribution in [2.24, 2.45) is 5.41 Å². The van der Waals surface area contributed by atoms with Crippen LogP contribution in [-0.4, -0.2) is 51.4 Å². The third-order valence-corrected chi connectivity index (χ3v) is 7.20. The molecule has 0 aliphatic heterocycles. The first-order valence-electron chi connectivity index (χ1n) is 13.0. The number of aliphatic hydroxyl groups is 1. The molecule has 2 N–H and O–H groups in total. The standard InChI is InChI=1S/C27H34F2N4O2S2.C2H6/c1-27(2,3)25(33(24(35)18-34)14-8-13-30-37-36-4)26-31-23(21-15-20(28)11-12-22(21)29)17-32(26)16-19-9-6-5-7-10-19;1-2/h5-7,9-12,15,17,25,30,34H,8,13-14,16,18H2,1-4H3;1-2H3. The number of aliphatic hydroxyl groups excluding tert-OH is 1. The molecule has 3 rings (SSSR count). The second-order valence-electron chi connectivity index (χ2n) is 9.73. The normalized spacial score (nSPS) is 12.0. The highest BCUT2D eigenvalue weighted by Crippen LogP contribution is 2.39. The Morgan fingerprint density at radius 1 is 1.15 bits per heavy atom. The van der Waals surface area contributed by atoms with Gasteiger partial charge in [0.15, 0.2) is 0 Å². The van der Waals surface area contributed by atoms with Gasteiger partial charge in [0.1, 0.15) is 24.1 Å². The van der Waals surface area contributed by atoms with Gasteiger partial charge in [-0.15, -0.1) is 0 Å². The van der Waals surface area contributed by atoms with Crippen LogP contribution in [0, 0.1) is 17.0 Å². The predicted molar refractivity (Wildman–Crippen MR) is 159 cm³/mol. The number of carbonyl (C=O) groups excluding carboxylic acids is 1. The number of rotatable bonds is 12. The summed E-state index contributed by atoms with van der Waals surface area (Å²) in [5.41, 5.74) is 0.855. The van der Waals surface area contributed by atoms with Crippen molar-refractivity contribution >= 4 is 27.7 Å². The summed E-state index contributed by atoms with van der Waals surface area (Å²) in [4.78, 5) is 19.5. The van der Waals surface area contributed by atoms with E-state index in [-0.39, 0.29) is 11.3 Å².